The molecule has 84 valence electrons. The van der Waals surface area contributed by atoms with E-state index < -0.39 is 11.8 Å². The van der Waals surface area contributed by atoms with Crippen LogP contribution in [-0.2, 0) is 9.59 Å². The third-order valence-corrected chi connectivity index (χ3v) is 1.93. The lowest BCUT2D eigenvalue weighted by Crippen LogP contribution is -2.35. The summed E-state index contributed by atoms with van der Waals surface area (Å²) >= 11 is 5.69. The van der Waals surface area contributed by atoms with Crippen LogP contribution in [0.2, 0.25) is 5.02 Å². The quantitative estimate of drug-likeness (QED) is 0.449. The average molecular weight is 240 g/mol. The number of likely N-dealkylation sites (N-methyl/N-ethyl adjacent to an activating group) is 1. The van der Waals surface area contributed by atoms with Crippen LogP contribution in [0.5, 0.6) is 0 Å². The highest BCUT2D eigenvalue weighted by Gasteiger charge is 2.08. The number of carbonyl (C=O) groups is 2. The van der Waals surface area contributed by atoms with E-state index in [1.54, 1.807) is 24.3 Å². The number of hydrazone groups is 1. The van der Waals surface area contributed by atoms with Gasteiger partial charge in [0.2, 0.25) is 0 Å². The van der Waals surface area contributed by atoms with Crippen molar-refractivity contribution in [1.29, 1.82) is 0 Å². The van der Waals surface area contributed by atoms with Gasteiger partial charge in [-0.15, -0.1) is 0 Å². The molecule has 0 unspecified atom stereocenters. The van der Waals surface area contributed by atoms with E-state index >= 15 is 0 Å². The van der Waals surface area contributed by atoms with Crippen LogP contribution in [0, 0.1) is 0 Å². The van der Waals surface area contributed by atoms with Gasteiger partial charge in [-0.2, -0.15) is 5.10 Å². The largest absolute Gasteiger partial charge is 0.351 e. The molecule has 0 aliphatic carbocycles. The van der Waals surface area contributed by atoms with E-state index in [4.69, 9.17) is 11.6 Å². The summed E-state index contributed by atoms with van der Waals surface area (Å²) in [7, 11) is 1.37. The zero-order chi connectivity index (χ0) is 12.0. The van der Waals surface area contributed by atoms with Crippen molar-refractivity contribution in [1.82, 2.24) is 10.7 Å². The molecule has 1 aromatic carbocycles. The number of hydrogen-bond donors (Lipinski definition) is 2. The molecule has 0 saturated heterocycles. The average Bonchev–Trinajstić information content (AvgIpc) is 2.30. The molecule has 1 aromatic rings. The smallest absolute Gasteiger partial charge is 0.329 e. The summed E-state index contributed by atoms with van der Waals surface area (Å²) < 4.78 is 0. The normalized spacial score (nSPS) is 10.1. The zero-order valence-corrected chi connectivity index (χ0v) is 9.28. The Balaban J connectivity index is 2.52. The molecule has 0 fully saturated rings. The standard InChI is InChI=1S/C10H10ClN3O2/c1-12-9(15)10(16)14-13-6-7-2-4-8(11)5-3-7/h2-6H,1H3,(H,12,15)(H,14,16). The Morgan fingerprint density at radius 2 is 1.88 bits per heavy atom. The van der Waals surface area contributed by atoms with Gasteiger partial charge in [-0.25, -0.2) is 5.43 Å². The van der Waals surface area contributed by atoms with E-state index in [1.807, 2.05) is 0 Å². The van der Waals surface area contributed by atoms with Crippen molar-refractivity contribution in [3.63, 3.8) is 0 Å². The minimum Gasteiger partial charge on any atom is -0.351 e. The Bertz CT molecular complexity index is 415. The summed E-state index contributed by atoms with van der Waals surface area (Å²) in [6.07, 6.45) is 1.41. The highest BCUT2D eigenvalue weighted by Crippen LogP contribution is 2.07. The Kier molecular flexibility index (Phi) is 4.47. The second-order valence-electron chi connectivity index (χ2n) is 2.83. The fourth-order valence-corrected chi connectivity index (χ4v) is 1.00. The third-order valence-electron chi connectivity index (χ3n) is 1.68. The zero-order valence-electron chi connectivity index (χ0n) is 8.53. The van der Waals surface area contributed by atoms with E-state index in [-0.39, 0.29) is 0 Å². The highest BCUT2D eigenvalue weighted by molar-refractivity contribution is 6.35. The van der Waals surface area contributed by atoms with Crippen LogP contribution in [0.4, 0.5) is 0 Å². The molecular weight excluding hydrogens is 230 g/mol. The number of halogens is 1. The van der Waals surface area contributed by atoms with E-state index in [9.17, 15) is 9.59 Å². The second kappa shape index (κ2) is 5.87. The summed E-state index contributed by atoms with van der Waals surface area (Å²) in [4.78, 5) is 21.7. The van der Waals surface area contributed by atoms with Crippen LogP contribution in [0.3, 0.4) is 0 Å². The first kappa shape index (κ1) is 12.2. The topological polar surface area (TPSA) is 70.6 Å². The number of hydrogen-bond acceptors (Lipinski definition) is 3. The van der Waals surface area contributed by atoms with Crippen LogP contribution >= 0.6 is 11.6 Å². The first-order chi connectivity index (χ1) is 7.63. The molecule has 6 heteroatoms. The predicted octanol–water partition coefficient (Wildman–Crippen LogP) is 0.536. The molecule has 0 aliphatic heterocycles. The fraction of sp³-hybridized carbons (Fsp3) is 0.100. The second-order valence-corrected chi connectivity index (χ2v) is 3.27. The van der Waals surface area contributed by atoms with Crippen molar-refractivity contribution in [3.8, 4) is 0 Å². The lowest BCUT2D eigenvalue weighted by atomic mass is 10.2. The summed E-state index contributed by atoms with van der Waals surface area (Å²) in [5.41, 5.74) is 2.85. The van der Waals surface area contributed by atoms with Gasteiger partial charge in [0, 0.05) is 12.1 Å². The molecule has 0 radical (unpaired) electrons. The summed E-state index contributed by atoms with van der Waals surface area (Å²) in [5, 5.41) is 6.41. The molecule has 1 rings (SSSR count). The van der Waals surface area contributed by atoms with Crippen molar-refractivity contribution in [2.75, 3.05) is 7.05 Å². The first-order valence-corrected chi connectivity index (χ1v) is 4.82. The van der Waals surface area contributed by atoms with E-state index in [2.05, 4.69) is 15.8 Å². The van der Waals surface area contributed by atoms with Gasteiger partial charge in [0.25, 0.3) is 0 Å². The minimum atomic E-state index is -0.812. The summed E-state index contributed by atoms with van der Waals surface area (Å²) in [6, 6.07) is 6.86. The molecule has 0 aromatic heterocycles. The van der Waals surface area contributed by atoms with E-state index in [0.29, 0.717) is 5.02 Å². The minimum absolute atomic E-state index is 0.617. The van der Waals surface area contributed by atoms with Gasteiger partial charge in [-0.1, -0.05) is 23.7 Å². The molecular formula is C10H10ClN3O2. The molecule has 0 bridgehead atoms. The molecule has 0 atom stereocenters. The van der Waals surface area contributed by atoms with Gasteiger partial charge in [-0.3, -0.25) is 9.59 Å². The lowest BCUT2D eigenvalue weighted by Gasteiger charge is -1.97. The van der Waals surface area contributed by atoms with Gasteiger partial charge in [-0.05, 0) is 17.7 Å². The number of rotatable bonds is 2. The van der Waals surface area contributed by atoms with Crippen molar-refractivity contribution < 1.29 is 9.59 Å². The summed E-state index contributed by atoms with van der Waals surface area (Å²) in [5.74, 6) is -1.55. The van der Waals surface area contributed by atoms with Crippen LogP contribution in [0.1, 0.15) is 5.56 Å². The van der Waals surface area contributed by atoms with Crippen LogP contribution in [-0.4, -0.2) is 25.1 Å². The number of nitrogens with one attached hydrogen (secondary N) is 2. The summed E-state index contributed by atoms with van der Waals surface area (Å²) in [6.45, 7) is 0. The van der Waals surface area contributed by atoms with Gasteiger partial charge in [0.05, 0.1) is 6.21 Å². The van der Waals surface area contributed by atoms with E-state index in [1.165, 1.54) is 13.3 Å². The highest BCUT2D eigenvalue weighted by atomic mass is 35.5. The Labute approximate surface area is 97.5 Å². The van der Waals surface area contributed by atoms with Crippen molar-refractivity contribution in [3.05, 3.63) is 34.9 Å². The molecule has 2 N–H and O–H groups in total. The van der Waals surface area contributed by atoms with Gasteiger partial charge >= 0.3 is 11.8 Å². The molecule has 0 aliphatic rings. The maximum atomic E-state index is 11.0. The van der Waals surface area contributed by atoms with Gasteiger partial charge in [0.15, 0.2) is 0 Å². The first-order valence-electron chi connectivity index (χ1n) is 4.44. The van der Waals surface area contributed by atoms with Gasteiger partial charge < -0.3 is 5.32 Å². The van der Waals surface area contributed by atoms with Crippen LogP contribution in [0.25, 0.3) is 0 Å². The Hall–Kier alpha value is -1.88. The molecule has 2 amide bonds. The van der Waals surface area contributed by atoms with Gasteiger partial charge in [0.1, 0.15) is 0 Å². The van der Waals surface area contributed by atoms with Crippen LogP contribution in [0.15, 0.2) is 29.4 Å². The fourth-order valence-electron chi connectivity index (χ4n) is 0.879. The number of amides is 2. The lowest BCUT2D eigenvalue weighted by molar-refractivity contribution is -0.138. The monoisotopic (exact) mass is 239 g/mol. The predicted molar refractivity (Wildman–Crippen MR) is 61.3 cm³/mol. The van der Waals surface area contributed by atoms with E-state index in [0.717, 1.165) is 5.56 Å². The molecule has 0 spiro atoms. The molecule has 0 heterocycles. The molecule has 0 saturated carbocycles. The molecule has 16 heavy (non-hydrogen) atoms. The van der Waals surface area contributed by atoms with Crippen molar-refractivity contribution in [2.45, 2.75) is 0 Å². The molecule has 5 nitrogen and oxygen atoms in total. The number of nitrogens with zero attached hydrogens (tertiary/aromatic N) is 1. The number of benzene rings is 1. The Morgan fingerprint density at radius 1 is 1.25 bits per heavy atom. The Morgan fingerprint density at radius 3 is 2.44 bits per heavy atom. The maximum Gasteiger partial charge on any atom is 0.329 e. The number of carbonyl (C=O) groups excluding carboxylic acids is 2. The van der Waals surface area contributed by atoms with Crippen molar-refractivity contribution >= 4 is 29.6 Å². The van der Waals surface area contributed by atoms with Crippen molar-refractivity contribution in [2.24, 2.45) is 5.10 Å². The third kappa shape index (κ3) is 3.70. The SMILES string of the molecule is CNC(=O)C(=O)NN=Cc1ccc(Cl)cc1. The maximum absolute atomic E-state index is 11.0. The van der Waals surface area contributed by atoms with Crippen LogP contribution < -0.4 is 10.7 Å².